The Bertz CT molecular complexity index is 2040. The number of piperazine rings is 1. The van der Waals surface area contributed by atoms with E-state index in [0.717, 1.165) is 24.0 Å². The number of carbonyl (C=O) groups excluding carboxylic acids is 1. The minimum absolute atomic E-state index is 0.0666. The number of aromatic nitrogens is 4. The van der Waals surface area contributed by atoms with Crippen molar-refractivity contribution in [3.8, 4) is 22.7 Å². The first kappa shape index (κ1) is 32.5. The molecule has 2 N–H and O–H groups in total. The number of rotatable bonds is 9. The van der Waals surface area contributed by atoms with Crippen molar-refractivity contribution in [2.24, 2.45) is 0 Å². The van der Waals surface area contributed by atoms with Gasteiger partial charge in [0.05, 0.1) is 11.9 Å². The first-order valence-corrected chi connectivity index (χ1v) is 16.6. The van der Waals surface area contributed by atoms with Gasteiger partial charge < -0.3 is 19.5 Å². The van der Waals surface area contributed by atoms with Gasteiger partial charge in [0.15, 0.2) is 16.5 Å². The van der Waals surface area contributed by atoms with Crippen molar-refractivity contribution >= 4 is 39.1 Å². The maximum Gasteiger partial charge on any atom is 0.267 e. The van der Waals surface area contributed by atoms with Gasteiger partial charge in [0.25, 0.3) is 10.0 Å². The van der Waals surface area contributed by atoms with Crippen molar-refractivity contribution in [2.45, 2.75) is 31.6 Å². The van der Waals surface area contributed by atoms with Gasteiger partial charge in [-0.25, -0.2) is 37.1 Å². The summed E-state index contributed by atoms with van der Waals surface area (Å²) in [6.45, 7) is 8.09. The number of sulfonamides is 1. The second kappa shape index (κ2) is 13.4. The van der Waals surface area contributed by atoms with Gasteiger partial charge in [-0.1, -0.05) is 32.0 Å². The first-order valence-electron chi connectivity index (χ1n) is 15.1. The Morgan fingerprint density at radius 2 is 1.65 bits per heavy atom. The van der Waals surface area contributed by atoms with Crippen LogP contribution in [0.15, 0.2) is 82.4 Å². The largest absolute Gasteiger partial charge is 0.438 e. The molecule has 0 saturated carbocycles. The smallest absolute Gasteiger partial charge is 0.267 e. The number of halogens is 2. The molecule has 3 aromatic heterocycles. The molecule has 0 radical (unpaired) electrons. The third-order valence-electron chi connectivity index (χ3n) is 7.65. The van der Waals surface area contributed by atoms with Crippen molar-refractivity contribution in [1.82, 2.24) is 24.8 Å². The highest BCUT2D eigenvalue weighted by atomic mass is 32.2. The third-order valence-corrected chi connectivity index (χ3v) is 9.09. The first-order chi connectivity index (χ1) is 23.0. The second-order valence-electron chi connectivity index (χ2n) is 11.4. The number of hydrogen-bond acceptors (Lipinski definition) is 10. The Labute approximate surface area is 275 Å². The standard InChI is InChI=1S/C33H32F2N8O4S/c1-20(2)32-40-29(22-6-4-7-23(18-22)41-48(45,46)31-25(34)8-5-9-26(31)35)30(47-32)27-12-13-36-33(39-27)38-24-10-11-28(37-19-24)43-16-14-42(15-17-43)21(3)44/h4-13,18-20,41H,14-17H2,1-3H3,(H,36,38,39). The molecule has 0 bridgehead atoms. The quantitative estimate of drug-likeness (QED) is 0.196. The molecule has 1 aliphatic rings. The molecule has 6 rings (SSSR count). The molecule has 1 amide bonds. The molecule has 4 heterocycles. The monoisotopic (exact) mass is 674 g/mol. The highest BCUT2D eigenvalue weighted by molar-refractivity contribution is 7.92. The van der Waals surface area contributed by atoms with Crippen molar-refractivity contribution < 1.29 is 26.4 Å². The molecule has 48 heavy (non-hydrogen) atoms. The van der Waals surface area contributed by atoms with Crippen LogP contribution in [0.5, 0.6) is 0 Å². The fourth-order valence-corrected chi connectivity index (χ4v) is 6.39. The molecule has 1 saturated heterocycles. The summed E-state index contributed by atoms with van der Waals surface area (Å²) < 4.78 is 62.9. The Hall–Kier alpha value is -5.44. The molecule has 248 valence electrons. The summed E-state index contributed by atoms with van der Waals surface area (Å²) in [7, 11) is -4.59. The molecule has 0 unspecified atom stereocenters. The van der Waals surface area contributed by atoms with Crippen LogP contribution in [-0.4, -0.2) is 65.3 Å². The summed E-state index contributed by atoms with van der Waals surface area (Å²) in [5, 5.41) is 3.16. The van der Waals surface area contributed by atoms with Crippen LogP contribution in [0.25, 0.3) is 22.7 Å². The number of anilines is 4. The number of oxazole rings is 1. The lowest BCUT2D eigenvalue weighted by atomic mass is 10.1. The molecule has 15 heteroatoms. The normalized spacial score (nSPS) is 13.5. The summed E-state index contributed by atoms with van der Waals surface area (Å²) in [5.41, 5.74) is 2.00. The van der Waals surface area contributed by atoms with Crippen molar-refractivity contribution in [3.63, 3.8) is 0 Å². The van der Waals surface area contributed by atoms with E-state index in [4.69, 9.17) is 4.42 Å². The lowest BCUT2D eigenvalue weighted by molar-refractivity contribution is -0.129. The van der Waals surface area contributed by atoms with Crippen LogP contribution in [0.4, 0.5) is 31.9 Å². The van der Waals surface area contributed by atoms with Gasteiger partial charge in [-0.3, -0.25) is 9.52 Å². The van der Waals surface area contributed by atoms with Gasteiger partial charge in [0.1, 0.15) is 28.8 Å². The zero-order valence-corrected chi connectivity index (χ0v) is 27.1. The topological polar surface area (TPSA) is 146 Å². The zero-order valence-electron chi connectivity index (χ0n) is 26.3. The van der Waals surface area contributed by atoms with Crippen molar-refractivity contribution in [2.75, 3.05) is 41.1 Å². The van der Waals surface area contributed by atoms with E-state index in [1.165, 1.54) is 12.1 Å². The van der Waals surface area contributed by atoms with Crippen LogP contribution < -0.4 is 14.9 Å². The van der Waals surface area contributed by atoms with E-state index in [1.807, 2.05) is 30.9 Å². The maximum absolute atomic E-state index is 14.3. The number of carbonyl (C=O) groups is 1. The summed E-state index contributed by atoms with van der Waals surface area (Å²) >= 11 is 0. The minimum atomic E-state index is -4.59. The van der Waals surface area contributed by atoms with E-state index in [1.54, 1.807) is 37.5 Å². The number of benzene rings is 2. The van der Waals surface area contributed by atoms with Crippen LogP contribution in [0.1, 0.15) is 32.6 Å². The third kappa shape index (κ3) is 6.95. The fraction of sp³-hybridized carbons (Fsp3) is 0.242. The summed E-state index contributed by atoms with van der Waals surface area (Å²) in [6.07, 6.45) is 3.25. The van der Waals surface area contributed by atoms with Crippen molar-refractivity contribution in [1.29, 1.82) is 0 Å². The SMILES string of the molecule is CC(=O)N1CCN(c2ccc(Nc3nccc(-c4oc(C(C)C)nc4-c4cccc(NS(=O)(=O)c5c(F)cccc5F)c4)n3)cn2)CC1. The Balaban J connectivity index is 1.24. The summed E-state index contributed by atoms with van der Waals surface area (Å²) in [6, 6.07) is 14.5. The highest BCUT2D eigenvalue weighted by Crippen LogP contribution is 2.35. The maximum atomic E-state index is 14.3. The lowest BCUT2D eigenvalue weighted by Gasteiger charge is -2.34. The number of hydrogen-bond donors (Lipinski definition) is 2. The molecule has 5 aromatic rings. The Morgan fingerprint density at radius 3 is 2.31 bits per heavy atom. The zero-order chi connectivity index (χ0) is 34.0. The fourth-order valence-electron chi connectivity index (χ4n) is 5.20. The average molecular weight is 675 g/mol. The van der Waals surface area contributed by atoms with Crippen LogP contribution >= 0.6 is 0 Å². The molecule has 1 aliphatic heterocycles. The lowest BCUT2D eigenvalue weighted by Crippen LogP contribution is -2.48. The summed E-state index contributed by atoms with van der Waals surface area (Å²) in [4.78, 5) is 32.7. The number of pyridine rings is 1. The van der Waals surface area contributed by atoms with Gasteiger partial charge in [-0.05, 0) is 42.5 Å². The highest BCUT2D eigenvalue weighted by Gasteiger charge is 2.25. The molecular formula is C33H32F2N8O4S. The van der Waals surface area contributed by atoms with Crippen LogP contribution in [0, 0.1) is 11.6 Å². The van der Waals surface area contributed by atoms with E-state index in [9.17, 15) is 22.0 Å². The molecule has 12 nitrogen and oxygen atoms in total. The number of amides is 1. The molecule has 2 aromatic carbocycles. The van der Waals surface area contributed by atoms with E-state index in [0.29, 0.717) is 60.5 Å². The minimum Gasteiger partial charge on any atom is -0.438 e. The van der Waals surface area contributed by atoms with Crippen molar-refractivity contribution in [3.05, 3.63) is 90.6 Å². The molecule has 0 atom stereocenters. The van der Waals surface area contributed by atoms with E-state index in [2.05, 4.69) is 34.9 Å². The van der Waals surface area contributed by atoms with E-state index >= 15 is 0 Å². The van der Waals surface area contributed by atoms with Gasteiger partial charge in [-0.2, -0.15) is 0 Å². The Morgan fingerprint density at radius 1 is 0.917 bits per heavy atom. The number of nitrogens with zero attached hydrogens (tertiary/aromatic N) is 6. The predicted molar refractivity (Wildman–Crippen MR) is 176 cm³/mol. The van der Waals surface area contributed by atoms with Crippen LogP contribution in [0.2, 0.25) is 0 Å². The van der Waals surface area contributed by atoms with Gasteiger partial charge in [0, 0.05) is 56.5 Å². The Kier molecular flexibility index (Phi) is 9.04. The molecule has 0 spiro atoms. The van der Waals surface area contributed by atoms with Gasteiger partial charge >= 0.3 is 0 Å². The number of nitrogens with one attached hydrogen (secondary N) is 2. The van der Waals surface area contributed by atoms with Crippen LogP contribution in [0.3, 0.4) is 0 Å². The van der Waals surface area contributed by atoms with E-state index in [-0.39, 0.29) is 23.5 Å². The van der Waals surface area contributed by atoms with Crippen LogP contribution in [-0.2, 0) is 14.8 Å². The summed E-state index contributed by atoms with van der Waals surface area (Å²) in [5.74, 6) is -0.603. The molecule has 0 aliphatic carbocycles. The molecule has 1 fully saturated rings. The second-order valence-corrected chi connectivity index (χ2v) is 13.0. The predicted octanol–water partition coefficient (Wildman–Crippen LogP) is 5.81. The van der Waals surface area contributed by atoms with Gasteiger partial charge in [-0.15, -0.1) is 0 Å². The van der Waals surface area contributed by atoms with Gasteiger partial charge in [0.2, 0.25) is 11.9 Å². The molecular weight excluding hydrogens is 642 g/mol. The van der Waals surface area contributed by atoms with E-state index < -0.39 is 26.6 Å². The average Bonchev–Trinajstić information content (AvgIpc) is 3.51.